The number of amides is 1. The van der Waals surface area contributed by atoms with Crippen LogP contribution in [0.25, 0.3) is 0 Å². The van der Waals surface area contributed by atoms with E-state index in [1.165, 1.54) is 0 Å². The fraction of sp³-hybridized carbons (Fsp3) is 0.500. The van der Waals surface area contributed by atoms with E-state index in [9.17, 15) is 4.79 Å². The molecule has 0 unspecified atom stereocenters. The van der Waals surface area contributed by atoms with Crippen molar-refractivity contribution in [2.75, 3.05) is 32.0 Å². The third-order valence-corrected chi connectivity index (χ3v) is 2.23. The van der Waals surface area contributed by atoms with E-state index in [2.05, 4.69) is 20.9 Å². The summed E-state index contributed by atoms with van der Waals surface area (Å²) in [5, 5.41) is 8.87. The Morgan fingerprint density at radius 2 is 2.06 bits per heavy atom. The fourth-order valence-corrected chi connectivity index (χ4v) is 1.38. The summed E-state index contributed by atoms with van der Waals surface area (Å²) in [5.41, 5.74) is 0. The maximum Gasteiger partial charge on any atom is 0.233 e. The molecule has 0 aromatic carbocycles. The summed E-state index contributed by atoms with van der Waals surface area (Å²) in [5.74, 6) is 0.942. The molecule has 18 heavy (non-hydrogen) atoms. The second kappa shape index (κ2) is 10.8. The molecule has 0 saturated carbocycles. The number of anilines is 1. The largest absolute Gasteiger partial charge is 0.370 e. The predicted molar refractivity (Wildman–Crippen MR) is 76.1 cm³/mol. The molecule has 1 aromatic rings. The number of nitrogens with zero attached hydrogens (tertiary/aromatic N) is 1. The monoisotopic (exact) mass is 272 g/mol. The van der Waals surface area contributed by atoms with Crippen LogP contribution in [0.5, 0.6) is 0 Å². The second-order valence-electron chi connectivity index (χ2n) is 3.73. The van der Waals surface area contributed by atoms with Crippen molar-refractivity contribution in [1.82, 2.24) is 15.6 Å². The van der Waals surface area contributed by atoms with Crippen molar-refractivity contribution in [2.24, 2.45) is 0 Å². The Balaban J connectivity index is 0.00000289. The van der Waals surface area contributed by atoms with Gasteiger partial charge in [0.25, 0.3) is 0 Å². The molecule has 0 atom stereocenters. The molecule has 0 aliphatic rings. The quantitative estimate of drug-likeness (QED) is 0.619. The average molecular weight is 273 g/mol. The first kappa shape index (κ1) is 16.7. The van der Waals surface area contributed by atoms with Gasteiger partial charge >= 0.3 is 0 Å². The first-order valence-electron chi connectivity index (χ1n) is 5.89. The first-order valence-corrected chi connectivity index (χ1v) is 5.89. The molecule has 0 saturated heterocycles. The van der Waals surface area contributed by atoms with Gasteiger partial charge in [0.15, 0.2) is 0 Å². The van der Waals surface area contributed by atoms with Gasteiger partial charge in [0.2, 0.25) is 5.91 Å². The minimum Gasteiger partial charge on any atom is -0.370 e. The summed E-state index contributed by atoms with van der Waals surface area (Å²) in [4.78, 5) is 15.3. The Labute approximate surface area is 114 Å². The summed E-state index contributed by atoms with van der Waals surface area (Å²) >= 11 is 0. The minimum absolute atomic E-state index is 0. The van der Waals surface area contributed by atoms with Crippen LogP contribution in [0.1, 0.15) is 12.8 Å². The molecule has 1 heterocycles. The Morgan fingerprint density at radius 3 is 2.72 bits per heavy atom. The molecule has 1 rings (SSSR count). The molecule has 102 valence electrons. The molecular formula is C12H21ClN4O. The van der Waals surface area contributed by atoms with E-state index < -0.39 is 0 Å². The van der Waals surface area contributed by atoms with Gasteiger partial charge in [-0.05, 0) is 32.0 Å². The number of nitrogens with one attached hydrogen (secondary N) is 3. The van der Waals surface area contributed by atoms with Gasteiger partial charge < -0.3 is 16.0 Å². The Hall–Kier alpha value is -1.33. The fourth-order valence-electron chi connectivity index (χ4n) is 1.38. The lowest BCUT2D eigenvalue weighted by molar-refractivity contribution is -0.120. The van der Waals surface area contributed by atoms with Crippen molar-refractivity contribution in [3.8, 4) is 0 Å². The maximum absolute atomic E-state index is 11.1. The molecule has 1 amide bonds. The average Bonchev–Trinajstić information content (AvgIpc) is 2.35. The zero-order chi connectivity index (χ0) is 12.3. The SMILES string of the molecule is CNCC(=O)NCCCCNc1ccccn1.Cl. The maximum atomic E-state index is 11.1. The van der Waals surface area contributed by atoms with Gasteiger partial charge in [-0.3, -0.25) is 4.79 Å². The third kappa shape index (κ3) is 7.86. The lowest BCUT2D eigenvalue weighted by Crippen LogP contribution is -2.32. The smallest absolute Gasteiger partial charge is 0.233 e. The van der Waals surface area contributed by atoms with Crippen molar-refractivity contribution in [3.63, 3.8) is 0 Å². The Morgan fingerprint density at radius 1 is 1.28 bits per heavy atom. The lowest BCUT2D eigenvalue weighted by Gasteiger charge is -2.06. The predicted octanol–water partition coefficient (Wildman–Crippen LogP) is 1.03. The Kier molecular flexibility index (Phi) is 10.0. The van der Waals surface area contributed by atoms with E-state index in [1.807, 2.05) is 18.2 Å². The van der Waals surface area contributed by atoms with Crippen LogP contribution in [0.4, 0.5) is 5.82 Å². The molecule has 0 radical (unpaired) electrons. The molecule has 0 fully saturated rings. The highest BCUT2D eigenvalue weighted by atomic mass is 35.5. The van der Waals surface area contributed by atoms with Crippen molar-refractivity contribution in [2.45, 2.75) is 12.8 Å². The number of unbranched alkanes of at least 4 members (excludes halogenated alkanes) is 1. The molecule has 5 nitrogen and oxygen atoms in total. The first-order chi connectivity index (χ1) is 8.33. The highest BCUT2D eigenvalue weighted by Crippen LogP contribution is 1.99. The minimum atomic E-state index is 0. The number of hydrogen-bond acceptors (Lipinski definition) is 4. The van der Waals surface area contributed by atoms with Crippen LogP contribution in [-0.4, -0.2) is 37.6 Å². The van der Waals surface area contributed by atoms with Crippen LogP contribution >= 0.6 is 12.4 Å². The number of halogens is 1. The molecule has 6 heteroatoms. The number of aromatic nitrogens is 1. The van der Waals surface area contributed by atoms with E-state index in [0.29, 0.717) is 6.54 Å². The van der Waals surface area contributed by atoms with Gasteiger partial charge in [0, 0.05) is 19.3 Å². The summed E-state index contributed by atoms with van der Waals surface area (Å²) in [7, 11) is 1.76. The van der Waals surface area contributed by atoms with Gasteiger partial charge in [0.1, 0.15) is 5.82 Å². The standard InChI is InChI=1S/C12H20N4O.ClH/c1-13-10-12(17)16-9-5-4-8-15-11-6-2-3-7-14-11;/h2-3,6-7,13H,4-5,8-10H2,1H3,(H,14,15)(H,16,17);1H. The molecule has 0 spiro atoms. The van der Waals surface area contributed by atoms with E-state index in [1.54, 1.807) is 13.2 Å². The number of pyridine rings is 1. The number of likely N-dealkylation sites (N-methyl/N-ethyl adjacent to an activating group) is 1. The topological polar surface area (TPSA) is 66.1 Å². The molecule has 0 aliphatic heterocycles. The number of hydrogen-bond donors (Lipinski definition) is 3. The van der Waals surface area contributed by atoms with Gasteiger partial charge in [-0.1, -0.05) is 6.07 Å². The highest BCUT2D eigenvalue weighted by Gasteiger charge is 1.97. The van der Waals surface area contributed by atoms with E-state index >= 15 is 0 Å². The van der Waals surface area contributed by atoms with Crippen molar-refractivity contribution in [1.29, 1.82) is 0 Å². The van der Waals surface area contributed by atoms with E-state index in [-0.39, 0.29) is 18.3 Å². The number of carbonyl (C=O) groups excluding carboxylic acids is 1. The summed E-state index contributed by atoms with van der Waals surface area (Å²) in [6, 6.07) is 5.78. The molecule has 1 aromatic heterocycles. The highest BCUT2D eigenvalue weighted by molar-refractivity contribution is 5.85. The zero-order valence-electron chi connectivity index (χ0n) is 10.6. The van der Waals surface area contributed by atoms with Crippen LogP contribution in [0.2, 0.25) is 0 Å². The van der Waals surface area contributed by atoms with Crippen molar-refractivity contribution >= 4 is 24.1 Å². The van der Waals surface area contributed by atoms with E-state index in [0.717, 1.165) is 31.7 Å². The van der Waals surface area contributed by atoms with Gasteiger partial charge in [-0.2, -0.15) is 0 Å². The van der Waals surface area contributed by atoms with Crippen LogP contribution < -0.4 is 16.0 Å². The Bertz CT molecular complexity index is 321. The molecule has 0 aliphatic carbocycles. The summed E-state index contributed by atoms with van der Waals surface area (Å²) < 4.78 is 0. The van der Waals surface area contributed by atoms with Crippen molar-refractivity contribution < 1.29 is 4.79 Å². The van der Waals surface area contributed by atoms with Crippen LogP contribution in [0.15, 0.2) is 24.4 Å². The van der Waals surface area contributed by atoms with Gasteiger partial charge in [-0.15, -0.1) is 12.4 Å². The molecule has 3 N–H and O–H groups in total. The molecule has 0 bridgehead atoms. The van der Waals surface area contributed by atoms with Crippen LogP contribution in [0.3, 0.4) is 0 Å². The third-order valence-electron chi connectivity index (χ3n) is 2.23. The van der Waals surface area contributed by atoms with E-state index in [4.69, 9.17) is 0 Å². The van der Waals surface area contributed by atoms with Crippen LogP contribution in [-0.2, 0) is 4.79 Å². The number of carbonyl (C=O) groups is 1. The second-order valence-corrected chi connectivity index (χ2v) is 3.73. The van der Waals surface area contributed by atoms with Crippen LogP contribution in [0, 0.1) is 0 Å². The lowest BCUT2D eigenvalue weighted by atomic mass is 10.3. The number of rotatable bonds is 8. The normalized spacial score (nSPS) is 9.39. The summed E-state index contributed by atoms with van der Waals surface area (Å²) in [6.07, 6.45) is 3.74. The summed E-state index contributed by atoms with van der Waals surface area (Å²) in [6.45, 7) is 1.98. The van der Waals surface area contributed by atoms with Gasteiger partial charge in [0.05, 0.1) is 6.54 Å². The zero-order valence-corrected chi connectivity index (χ0v) is 11.4. The molecular weight excluding hydrogens is 252 g/mol. The van der Waals surface area contributed by atoms with Crippen molar-refractivity contribution in [3.05, 3.63) is 24.4 Å². The van der Waals surface area contributed by atoms with Gasteiger partial charge in [-0.25, -0.2) is 4.98 Å².